The lowest BCUT2D eigenvalue weighted by Crippen LogP contribution is -2.42. The van der Waals surface area contributed by atoms with Gasteiger partial charge >= 0.3 is 6.01 Å². The van der Waals surface area contributed by atoms with E-state index in [-0.39, 0.29) is 18.0 Å². The Balaban J connectivity index is 1.50. The standard InChI is InChI=1S/C19H23N3O4/c1-24-16-5-3-4-14(12-16)13-18(23)22-10-7-15(8-11-22)26-17-6-9-20-19(21-17)25-2/h3-6,9,12,15H,7-8,10-11,13H2,1-2H3. The molecule has 0 saturated carbocycles. The highest BCUT2D eigenvalue weighted by molar-refractivity contribution is 5.79. The average Bonchev–Trinajstić information content (AvgIpc) is 2.69. The number of hydrogen-bond donors (Lipinski definition) is 0. The number of carbonyl (C=O) groups excluding carboxylic acids is 1. The molecule has 0 aliphatic carbocycles. The van der Waals surface area contributed by atoms with E-state index in [1.54, 1.807) is 19.4 Å². The van der Waals surface area contributed by atoms with Gasteiger partial charge in [0.2, 0.25) is 11.8 Å². The van der Waals surface area contributed by atoms with E-state index in [0.717, 1.165) is 24.2 Å². The summed E-state index contributed by atoms with van der Waals surface area (Å²) in [4.78, 5) is 22.5. The molecule has 0 bridgehead atoms. The molecule has 1 fully saturated rings. The highest BCUT2D eigenvalue weighted by atomic mass is 16.5. The number of likely N-dealkylation sites (tertiary alicyclic amines) is 1. The monoisotopic (exact) mass is 357 g/mol. The minimum absolute atomic E-state index is 0.0375. The Morgan fingerprint density at radius 1 is 1.19 bits per heavy atom. The van der Waals surface area contributed by atoms with Gasteiger partial charge in [0.25, 0.3) is 0 Å². The predicted molar refractivity (Wildman–Crippen MR) is 95.5 cm³/mol. The smallest absolute Gasteiger partial charge is 0.319 e. The zero-order valence-corrected chi connectivity index (χ0v) is 15.1. The molecule has 1 aromatic heterocycles. The molecule has 1 aromatic carbocycles. The number of hydrogen-bond acceptors (Lipinski definition) is 6. The molecule has 26 heavy (non-hydrogen) atoms. The number of aromatic nitrogens is 2. The number of benzene rings is 1. The van der Waals surface area contributed by atoms with Gasteiger partial charge in [0, 0.05) is 38.2 Å². The van der Waals surface area contributed by atoms with Crippen molar-refractivity contribution < 1.29 is 19.0 Å². The molecular formula is C19H23N3O4. The van der Waals surface area contributed by atoms with Gasteiger partial charge in [0.1, 0.15) is 11.9 Å². The van der Waals surface area contributed by atoms with Crippen molar-refractivity contribution in [3.05, 3.63) is 42.1 Å². The van der Waals surface area contributed by atoms with Crippen LogP contribution >= 0.6 is 0 Å². The third-order valence-electron chi connectivity index (χ3n) is 4.36. The molecule has 2 aromatic rings. The van der Waals surface area contributed by atoms with E-state index in [0.29, 0.717) is 25.4 Å². The van der Waals surface area contributed by atoms with Crippen molar-refractivity contribution in [2.45, 2.75) is 25.4 Å². The van der Waals surface area contributed by atoms with Crippen molar-refractivity contribution in [1.82, 2.24) is 14.9 Å². The lowest BCUT2D eigenvalue weighted by molar-refractivity contribution is -0.132. The number of carbonyl (C=O) groups is 1. The number of methoxy groups -OCH3 is 2. The first-order valence-corrected chi connectivity index (χ1v) is 8.62. The van der Waals surface area contributed by atoms with Crippen LogP contribution in [0.2, 0.25) is 0 Å². The molecule has 138 valence electrons. The quantitative estimate of drug-likeness (QED) is 0.788. The van der Waals surface area contributed by atoms with Crippen LogP contribution in [0.15, 0.2) is 36.5 Å². The van der Waals surface area contributed by atoms with E-state index in [1.807, 2.05) is 29.2 Å². The summed E-state index contributed by atoms with van der Waals surface area (Å²) < 4.78 is 16.1. The van der Waals surface area contributed by atoms with Crippen LogP contribution in [-0.4, -0.2) is 54.2 Å². The minimum Gasteiger partial charge on any atom is -0.497 e. The maximum absolute atomic E-state index is 12.5. The van der Waals surface area contributed by atoms with Crippen LogP contribution < -0.4 is 14.2 Å². The highest BCUT2D eigenvalue weighted by Crippen LogP contribution is 2.20. The van der Waals surface area contributed by atoms with Gasteiger partial charge in [0.15, 0.2) is 0 Å². The second-order valence-electron chi connectivity index (χ2n) is 6.11. The summed E-state index contributed by atoms with van der Waals surface area (Å²) in [5.74, 6) is 1.39. The van der Waals surface area contributed by atoms with Crippen LogP contribution in [0.25, 0.3) is 0 Å². The molecule has 0 unspecified atom stereocenters. The molecule has 0 atom stereocenters. The van der Waals surface area contributed by atoms with E-state index < -0.39 is 0 Å². The lowest BCUT2D eigenvalue weighted by atomic mass is 10.1. The third-order valence-corrected chi connectivity index (χ3v) is 4.36. The van der Waals surface area contributed by atoms with Gasteiger partial charge in [-0.2, -0.15) is 4.98 Å². The van der Waals surface area contributed by atoms with Crippen LogP contribution in [0.3, 0.4) is 0 Å². The Labute approximate surface area is 152 Å². The fourth-order valence-electron chi connectivity index (χ4n) is 2.95. The minimum atomic E-state index is 0.0375. The Bertz CT molecular complexity index is 745. The van der Waals surface area contributed by atoms with Gasteiger partial charge in [-0.1, -0.05) is 12.1 Å². The number of rotatable bonds is 6. The SMILES string of the molecule is COc1cccc(CC(=O)N2CCC(Oc3ccnc(OC)n3)CC2)c1. The molecule has 7 heteroatoms. The summed E-state index contributed by atoms with van der Waals surface area (Å²) in [5, 5.41) is 0. The molecule has 0 spiro atoms. The topological polar surface area (TPSA) is 73.8 Å². The lowest BCUT2D eigenvalue weighted by Gasteiger charge is -2.32. The molecule has 2 heterocycles. The first-order valence-electron chi connectivity index (χ1n) is 8.62. The number of piperidine rings is 1. The van der Waals surface area contributed by atoms with Crippen molar-refractivity contribution in [2.75, 3.05) is 27.3 Å². The maximum atomic E-state index is 12.5. The second-order valence-corrected chi connectivity index (χ2v) is 6.11. The van der Waals surface area contributed by atoms with Crippen LogP contribution in [-0.2, 0) is 11.2 Å². The molecule has 1 aliphatic rings. The van der Waals surface area contributed by atoms with E-state index in [9.17, 15) is 4.79 Å². The van der Waals surface area contributed by atoms with Crippen molar-refractivity contribution >= 4 is 5.91 Å². The molecule has 3 rings (SSSR count). The Hall–Kier alpha value is -2.83. The summed E-state index contributed by atoms with van der Waals surface area (Å²) in [6, 6.07) is 9.61. The van der Waals surface area contributed by atoms with E-state index in [2.05, 4.69) is 9.97 Å². The summed E-state index contributed by atoms with van der Waals surface area (Å²) in [6.07, 6.45) is 3.57. The number of nitrogens with zero attached hydrogens (tertiary/aromatic N) is 3. The molecule has 1 aliphatic heterocycles. The van der Waals surface area contributed by atoms with Gasteiger partial charge in [-0.05, 0) is 17.7 Å². The molecule has 1 saturated heterocycles. The summed E-state index contributed by atoms with van der Waals surface area (Å²) in [5.41, 5.74) is 0.959. The molecule has 0 N–H and O–H groups in total. The zero-order chi connectivity index (χ0) is 18.4. The van der Waals surface area contributed by atoms with E-state index in [1.165, 1.54) is 7.11 Å². The first-order chi connectivity index (χ1) is 12.7. The zero-order valence-electron chi connectivity index (χ0n) is 15.1. The fourth-order valence-corrected chi connectivity index (χ4v) is 2.95. The highest BCUT2D eigenvalue weighted by Gasteiger charge is 2.24. The second kappa shape index (κ2) is 8.51. The third kappa shape index (κ3) is 4.62. The van der Waals surface area contributed by atoms with Crippen LogP contribution in [0.5, 0.6) is 17.6 Å². The van der Waals surface area contributed by atoms with E-state index >= 15 is 0 Å². The van der Waals surface area contributed by atoms with Crippen molar-refractivity contribution in [1.29, 1.82) is 0 Å². The van der Waals surface area contributed by atoms with E-state index in [4.69, 9.17) is 14.2 Å². The Kier molecular flexibility index (Phi) is 5.88. The summed E-state index contributed by atoms with van der Waals surface area (Å²) in [7, 11) is 3.14. The van der Waals surface area contributed by atoms with Crippen LogP contribution in [0.4, 0.5) is 0 Å². The molecular weight excluding hydrogens is 334 g/mol. The number of amides is 1. The van der Waals surface area contributed by atoms with Gasteiger partial charge in [-0.3, -0.25) is 4.79 Å². The van der Waals surface area contributed by atoms with Crippen LogP contribution in [0, 0.1) is 0 Å². The predicted octanol–water partition coefficient (Wildman–Crippen LogP) is 2.11. The Morgan fingerprint density at radius 3 is 2.73 bits per heavy atom. The molecule has 0 radical (unpaired) electrons. The first kappa shape index (κ1) is 18.0. The van der Waals surface area contributed by atoms with Crippen molar-refractivity contribution in [3.63, 3.8) is 0 Å². The van der Waals surface area contributed by atoms with Gasteiger partial charge in [0.05, 0.1) is 20.6 Å². The maximum Gasteiger partial charge on any atom is 0.319 e. The van der Waals surface area contributed by atoms with Crippen molar-refractivity contribution in [2.24, 2.45) is 0 Å². The van der Waals surface area contributed by atoms with Gasteiger partial charge in [-0.15, -0.1) is 0 Å². The van der Waals surface area contributed by atoms with Crippen molar-refractivity contribution in [3.8, 4) is 17.6 Å². The average molecular weight is 357 g/mol. The van der Waals surface area contributed by atoms with Gasteiger partial charge < -0.3 is 19.1 Å². The van der Waals surface area contributed by atoms with Gasteiger partial charge in [-0.25, -0.2) is 4.98 Å². The Morgan fingerprint density at radius 2 is 2.00 bits per heavy atom. The molecule has 1 amide bonds. The summed E-state index contributed by atoms with van der Waals surface area (Å²) >= 11 is 0. The molecule has 7 nitrogen and oxygen atoms in total. The largest absolute Gasteiger partial charge is 0.497 e. The number of ether oxygens (including phenoxy) is 3. The summed E-state index contributed by atoms with van der Waals surface area (Å²) in [6.45, 7) is 1.35. The normalized spacial score (nSPS) is 14.8. The van der Waals surface area contributed by atoms with Crippen LogP contribution in [0.1, 0.15) is 18.4 Å². The fraction of sp³-hybridized carbons (Fsp3) is 0.421.